The molecule has 0 unspecified atom stereocenters. The maximum atomic E-state index is 12.6. The summed E-state index contributed by atoms with van der Waals surface area (Å²) in [6.45, 7) is -0.296. The van der Waals surface area contributed by atoms with Gasteiger partial charge in [0.25, 0.3) is 10.1 Å². The zero-order chi connectivity index (χ0) is 10.8. The Hall–Kier alpha value is -1.01. The van der Waals surface area contributed by atoms with E-state index in [-0.39, 0.29) is 12.2 Å². The second kappa shape index (κ2) is 4.02. The quantitative estimate of drug-likeness (QED) is 0.727. The summed E-state index contributed by atoms with van der Waals surface area (Å²) in [6, 6.07) is 3.06. The molecule has 0 aromatic heterocycles. The fraction of sp³-hybridized carbons (Fsp3) is 0.250. The standard InChI is InChI=1S/C8H8F2O3S/c1-14(11,12)13-5-6-2-3-7(9)8(10)4-6/h2-4H,5H2,1H3. The highest BCUT2D eigenvalue weighted by Crippen LogP contribution is 2.10. The third kappa shape index (κ3) is 3.39. The molecule has 0 radical (unpaired) electrons. The molecule has 3 nitrogen and oxygen atoms in total. The second-order valence-corrected chi connectivity index (χ2v) is 4.36. The summed E-state index contributed by atoms with van der Waals surface area (Å²) in [5.74, 6) is -2.01. The van der Waals surface area contributed by atoms with E-state index in [9.17, 15) is 17.2 Å². The lowest BCUT2D eigenvalue weighted by Crippen LogP contribution is -2.03. The summed E-state index contributed by atoms with van der Waals surface area (Å²) >= 11 is 0. The Morgan fingerprint density at radius 3 is 2.43 bits per heavy atom. The molecule has 0 saturated carbocycles. The Balaban J connectivity index is 2.74. The van der Waals surface area contributed by atoms with Gasteiger partial charge in [0.1, 0.15) is 0 Å². The normalized spacial score (nSPS) is 11.6. The first-order valence-electron chi connectivity index (χ1n) is 3.67. The second-order valence-electron chi connectivity index (χ2n) is 2.71. The molecular formula is C8H8F2O3S. The van der Waals surface area contributed by atoms with Crippen molar-refractivity contribution in [2.45, 2.75) is 6.61 Å². The van der Waals surface area contributed by atoms with Gasteiger partial charge in [-0.3, -0.25) is 4.18 Å². The van der Waals surface area contributed by atoms with E-state index >= 15 is 0 Å². The number of rotatable bonds is 3. The number of hydrogen-bond donors (Lipinski definition) is 0. The number of benzene rings is 1. The number of hydrogen-bond acceptors (Lipinski definition) is 3. The topological polar surface area (TPSA) is 43.4 Å². The molecule has 0 aliphatic rings. The summed E-state index contributed by atoms with van der Waals surface area (Å²) in [7, 11) is -3.56. The highest BCUT2D eigenvalue weighted by molar-refractivity contribution is 7.85. The summed E-state index contributed by atoms with van der Waals surface area (Å²) in [6.07, 6.45) is 0.882. The maximum Gasteiger partial charge on any atom is 0.264 e. The lowest BCUT2D eigenvalue weighted by Gasteiger charge is -2.01. The predicted octanol–water partition coefficient (Wildman–Crippen LogP) is 1.44. The minimum Gasteiger partial charge on any atom is -0.265 e. The Labute approximate surface area is 80.4 Å². The molecule has 1 aromatic rings. The average Bonchev–Trinajstić information content (AvgIpc) is 2.06. The van der Waals surface area contributed by atoms with Gasteiger partial charge in [-0.15, -0.1) is 0 Å². The summed E-state index contributed by atoms with van der Waals surface area (Å²) in [5, 5.41) is 0. The molecular weight excluding hydrogens is 214 g/mol. The van der Waals surface area contributed by atoms with Crippen molar-refractivity contribution in [3.8, 4) is 0 Å². The van der Waals surface area contributed by atoms with Gasteiger partial charge in [-0.1, -0.05) is 6.07 Å². The zero-order valence-electron chi connectivity index (χ0n) is 7.33. The van der Waals surface area contributed by atoms with Crippen LogP contribution in [0.1, 0.15) is 5.56 Å². The molecule has 78 valence electrons. The van der Waals surface area contributed by atoms with Crippen LogP contribution in [0.15, 0.2) is 18.2 Å². The Morgan fingerprint density at radius 2 is 1.93 bits per heavy atom. The van der Waals surface area contributed by atoms with E-state index in [4.69, 9.17) is 0 Å². The van der Waals surface area contributed by atoms with Crippen molar-refractivity contribution in [3.05, 3.63) is 35.4 Å². The van der Waals surface area contributed by atoms with Crippen molar-refractivity contribution < 1.29 is 21.4 Å². The lowest BCUT2D eigenvalue weighted by atomic mass is 10.2. The molecule has 0 bridgehead atoms. The van der Waals surface area contributed by atoms with Crippen LogP contribution in [0.3, 0.4) is 0 Å². The minimum atomic E-state index is -3.56. The average molecular weight is 222 g/mol. The van der Waals surface area contributed by atoms with Gasteiger partial charge >= 0.3 is 0 Å². The van der Waals surface area contributed by atoms with Crippen molar-refractivity contribution in [2.75, 3.05) is 6.26 Å². The van der Waals surface area contributed by atoms with Gasteiger partial charge in [-0.05, 0) is 17.7 Å². The van der Waals surface area contributed by atoms with Crippen LogP contribution in [0.25, 0.3) is 0 Å². The Morgan fingerprint density at radius 1 is 1.29 bits per heavy atom. The molecule has 0 spiro atoms. The predicted molar refractivity (Wildman–Crippen MR) is 46.0 cm³/mol. The molecule has 0 amide bonds. The molecule has 6 heteroatoms. The van der Waals surface area contributed by atoms with Gasteiger partial charge in [-0.25, -0.2) is 8.78 Å². The van der Waals surface area contributed by atoms with Crippen LogP contribution in [0.5, 0.6) is 0 Å². The molecule has 0 heterocycles. The van der Waals surface area contributed by atoms with Crippen LogP contribution in [-0.4, -0.2) is 14.7 Å². The van der Waals surface area contributed by atoms with Crippen LogP contribution >= 0.6 is 0 Å². The molecule has 0 saturated heterocycles. The van der Waals surface area contributed by atoms with E-state index < -0.39 is 21.8 Å². The van der Waals surface area contributed by atoms with Gasteiger partial charge in [0, 0.05) is 0 Å². The molecule has 0 aliphatic heterocycles. The first-order chi connectivity index (χ1) is 6.38. The molecule has 0 aliphatic carbocycles. The monoisotopic (exact) mass is 222 g/mol. The third-order valence-corrected chi connectivity index (χ3v) is 1.97. The van der Waals surface area contributed by atoms with Crippen molar-refractivity contribution in [1.82, 2.24) is 0 Å². The fourth-order valence-electron chi connectivity index (χ4n) is 0.804. The van der Waals surface area contributed by atoms with E-state index in [1.54, 1.807) is 0 Å². The van der Waals surface area contributed by atoms with Crippen LogP contribution in [0.2, 0.25) is 0 Å². The van der Waals surface area contributed by atoms with Crippen molar-refractivity contribution in [2.24, 2.45) is 0 Å². The van der Waals surface area contributed by atoms with E-state index in [0.29, 0.717) is 0 Å². The summed E-state index contributed by atoms with van der Waals surface area (Å²) in [4.78, 5) is 0. The van der Waals surface area contributed by atoms with Crippen LogP contribution in [0.4, 0.5) is 8.78 Å². The Kier molecular flexibility index (Phi) is 3.17. The van der Waals surface area contributed by atoms with E-state index in [1.165, 1.54) is 6.07 Å². The van der Waals surface area contributed by atoms with Gasteiger partial charge in [0.15, 0.2) is 11.6 Å². The molecule has 0 fully saturated rings. The fourth-order valence-corrected chi connectivity index (χ4v) is 1.15. The Bertz CT molecular complexity index is 428. The zero-order valence-corrected chi connectivity index (χ0v) is 8.14. The van der Waals surface area contributed by atoms with Crippen LogP contribution in [0, 0.1) is 11.6 Å². The maximum absolute atomic E-state index is 12.6. The lowest BCUT2D eigenvalue weighted by molar-refractivity contribution is 0.310. The molecule has 0 atom stereocenters. The van der Waals surface area contributed by atoms with Gasteiger partial charge in [0.05, 0.1) is 12.9 Å². The van der Waals surface area contributed by atoms with Crippen molar-refractivity contribution >= 4 is 10.1 Å². The van der Waals surface area contributed by atoms with Gasteiger partial charge in [0.2, 0.25) is 0 Å². The summed E-state index contributed by atoms with van der Waals surface area (Å²) in [5.41, 5.74) is 0.259. The first kappa shape index (κ1) is 11.1. The van der Waals surface area contributed by atoms with Crippen LogP contribution in [-0.2, 0) is 20.9 Å². The molecule has 0 N–H and O–H groups in total. The largest absolute Gasteiger partial charge is 0.265 e. The van der Waals surface area contributed by atoms with E-state index in [2.05, 4.69) is 4.18 Å². The minimum absolute atomic E-state index is 0.259. The molecule has 1 aromatic carbocycles. The first-order valence-corrected chi connectivity index (χ1v) is 5.48. The van der Waals surface area contributed by atoms with Gasteiger partial charge < -0.3 is 0 Å². The SMILES string of the molecule is CS(=O)(=O)OCc1ccc(F)c(F)c1. The highest BCUT2D eigenvalue weighted by Gasteiger charge is 2.05. The van der Waals surface area contributed by atoms with E-state index in [0.717, 1.165) is 18.4 Å². The smallest absolute Gasteiger partial charge is 0.264 e. The van der Waals surface area contributed by atoms with Gasteiger partial charge in [-0.2, -0.15) is 8.42 Å². The number of halogens is 2. The van der Waals surface area contributed by atoms with Crippen molar-refractivity contribution in [1.29, 1.82) is 0 Å². The summed E-state index contributed by atoms with van der Waals surface area (Å²) < 4.78 is 50.6. The molecule has 1 rings (SSSR count). The van der Waals surface area contributed by atoms with E-state index in [1.807, 2.05) is 0 Å². The molecule has 14 heavy (non-hydrogen) atoms. The third-order valence-electron chi connectivity index (χ3n) is 1.42. The highest BCUT2D eigenvalue weighted by atomic mass is 32.2. The van der Waals surface area contributed by atoms with Crippen LogP contribution < -0.4 is 0 Å². The van der Waals surface area contributed by atoms with Crippen molar-refractivity contribution in [3.63, 3.8) is 0 Å².